The first-order valence-electron chi connectivity index (χ1n) is 6.49. The number of thiophene rings is 1. The predicted molar refractivity (Wildman–Crippen MR) is 77.4 cm³/mol. The van der Waals surface area contributed by atoms with Crippen molar-refractivity contribution in [3.63, 3.8) is 0 Å². The van der Waals surface area contributed by atoms with Gasteiger partial charge in [0.1, 0.15) is 0 Å². The second-order valence-corrected chi connectivity index (χ2v) is 6.16. The van der Waals surface area contributed by atoms with E-state index in [0.29, 0.717) is 12.4 Å². The maximum Gasteiger partial charge on any atom is 0.240 e. The minimum Gasteiger partial charge on any atom is -0.338 e. The second kappa shape index (κ2) is 7.03. The number of hydrogen-bond donors (Lipinski definition) is 0. The first-order chi connectivity index (χ1) is 9.21. The lowest BCUT2D eigenvalue weighted by Gasteiger charge is -2.16. The van der Waals surface area contributed by atoms with Crippen molar-refractivity contribution >= 4 is 22.9 Å². The van der Waals surface area contributed by atoms with Gasteiger partial charge in [0, 0.05) is 17.8 Å². The van der Waals surface area contributed by atoms with Gasteiger partial charge in [-0.1, -0.05) is 30.6 Å². The highest BCUT2D eigenvalue weighted by molar-refractivity contribution is 7.16. The third kappa shape index (κ3) is 4.30. The van der Waals surface area contributed by atoms with Gasteiger partial charge in [-0.25, -0.2) is 0 Å². The van der Waals surface area contributed by atoms with Crippen LogP contribution >= 0.6 is 22.9 Å². The number of halogens is 1. The van der Waals surface area contributed by atoms with Crippen LogP contribution in [0.5, 0.6) is 0 Å². The van der Waals surface area contributed by atoms with E-state index in [2.05, 4.69) is 35.0 Å². The third-order valence-corrected chi connectivity index (χ3v) is 4.01. The molecule has 0 amide bonds. The Bertz CT molecular complexity index is 511. The molecule has 2 rings (SSSR count). The van der Waals surface area contributed by atoms with E-state index in [4.69, 9.17) is 16.1 Å². The molecular formula is C13H18ClN3OS. The summed E-state index contributed by atoms with van der Waals surface area (Å²) in [5, 5.41) is 3.97. The van der Waals surface area contributed by atoms with Crippen molar-refractivity contribution in [3.8, 4) is 0 Å². The molecule has 0 spiro atoms. The molecule has 19 heavy (non-hydrogen) atoms. The van der Waals surface area contributed by atoms with Crippen LogP contribution in [-0.2, 0) is 19.5 Å². The molecule has 2 heterocycles. The number of aryl methyl sites for hydroxylation is 1. The first kappa shape index (κ1) is 14.5. The van der Waals surface area contributed by atoms with Crippen LogP contribution in [-0.4, -0.2) is 21.6 Å². The Kier molecular flexibility index (Phi) is 5.36. The fourth-order valence-electron chi connectivity index (χ4n) is 1.81. The lowest BCUT2D eigenvalue weighted by Crippen LogP contribution is -2.22. The molecule has 0 fully saturated rings. The van der Waals surface area contributed by atoms with Crippen molar-refractivity contribution in [2.24, 2.45) is 0 Å². The summed E-state index contributed by atoms with van der Waals surface area (Å²) in [4.78, 5) is 7.90. The molecule has 0 radical (unpaired) electrons. The van der Waals surface area contributed by atoms with Crippen molar-refractivity contribution in [2.45, 2.75) is 39.8 Å². The summed E-state index contributed by atoms with van der Waals surface area (Å²) in [6.45, 7) is 6.70. The number of nitrogens with zero attached hydrogens (tertiary/aromatic N) is 3. The molecule has 104 valence electrons. The zero-order valence-corrected chi connectivity index (χ0v) is 12.8. The molecule has 2 aromatic rings. The van der Waals surface area contributed by atoms with Crippen molar-refractivity contribution < 1.29 is 4.52 Å². The highest BCUT2D eigenvalue weighted by Gasteiger charge is 2.12. The van der Waals surface area contributed by atoms with Gasteiger partial charge < -0.3 is 4.52 Å². The normalized spacial score (nSPS) is 11.4. The smallest absolute Gasteiger partial charge is 0.240 e. The van der Waals surface area contributed by atoms with Gasteiger partial charge >= 0.3 is 0 Å². The lowest BCUT2D eigenvalue weighted by atomic mass is 10.3. The van der Waals surface area contributed by atoms with Gasteiger partial charge in [0.15, 0.2) is 5.82 Å². The van der Waals surface area contributed by atoms with Crippen LogP contribution in [0.3, 0.4) is 0 Å². The van der Waals surface area contributed by atoms with Gasteiger partial charge in [0.2, 0.25) is 5.89 Å². The number of aromatic nitrogens is 2. The molecule has 0 unspecified atom stereocenters. The molecule has 4 nitrogen and oxygen atoms in total. The second-order valence-electron chi connectivity index (χ2n) is 4.36. The van der Waals surface area contributed by atoms with Crippen molar-refractivity contribution in [1.29, 1.82) is 0 Å². The molecule has 0 bridgehead atoms. The standard InChI is InChI=1S/C13H18ClN3OS/c1-3-5-12-15-13(18-16-12)9-17(4-2)8-10-6-7-11(14)19-10/h6-7H,3-5,8-9H2,1-2H3. The monoisotopic (exact) mass is 299 g/mol. The Morgan fingerprint density at radius 1 is 1.32 bits per heavy atom. The highest BCUT2D eigenvalue weighted by Crippen LogP contribution is 2.23. The van der Waals surface area contributed by atoms with Crippen LogP contribution in [0.2, 0.25) is 4.34 Å². The average molecular weight is 300 g/mol. The van der Waals surface area contributed by atoms with E-state index < -0.39 is 0 Å². The predicted octanol–water partition coefficient (Wildman–Crippen LogP) is 3.76. The van der Waals surface area contributed by atoms with E-state index in [-0.39, 0.29) is 0 Å². The van der Waals surface area contributed by atoms with Crippen molar-refractivity contribution in [3.05, 3.63) is 33.1 Å². The van der Waals surface area contributed by atoms with E-state index in [9.17, 15) is 0 Å². The Balaban J connectivity index is 1.94. The summed E-state index contributed by atoms with van der Waals surface area (Å²) in [6.07, 6.45) is 1.90. The molecule has 0 N–H and O–H groups in total. The van der Waals surface area contributed by atoms with Crippen LogP contribution in [0, 0.1) is 0 Å². The summed E-state index contributed by atoms with van der Waals surface area (Å²) in [5.41, 5.74) is 0. The fourth-order valence-corrected chi connectivity index (χ4v) is 2.94. The van der Waals surface area contributed by atoms with Crippen molar-refractivity contribution in [2.75, 3.05) is 6.54 Å². The minimum atomic E-state index is 0.683. The van der Waals surface area contributed by atoms with Crippen LogP contribution in [0.15, 0.2) is 16.7 Å². The molecule has 0 aliphatic carbocycles. The van der Waals surface area contributed by atoms with E-state index >= 15 is 0 Å². The average Bonchev–Trinajstić information content (AvgIpc) is 2.99. The topological polar surface area (TPSA) is 42.2 Å². The Morgan fingerprint density at radius 3 is 2.79 bits per heavy atom. The summed E-state index contributed by atoms with van der Waals surface area (Å²) in [5.74, 6) is 1.49. The Labute approximate surface area is 122 Å². The van der Waals surface area contributed by atoms with E-state index in [1.165, 1.54) is 4.88 Å². The van der Waals surface area contributed by atoms with E-state index in [0.717, 1.165) is 36.1 Å². The van der Waals surface area contributed by atoms with Gasteiger partial charge in [0.25, 0.3) is 0 Å². The van der Waals surface area contributed by atoms with E-state index in [1.54, 1.807) is 11.3 Å². The van der Waals surface area contributed by atoms with Crippen molar-refractivity contribution in [1.82, 2.24) is 15.0 Å². The number of hydrogen-bond acceptors (Lipinski definition) is 5. The summed E-state index contributed by atoms with van der Waals surface area (Å²) >= 11 is 7.56. The maximum atomic E-state index is 5.94. The molecule has 0 aliphatic rings. The van der Waals surface area contributed by atoms with Crippen LogP contribution in [0.4, 0.5) is 0 Å². The molecule has 0 atom stereocenters. The summed E-state index contributed by atoms with van der Waals surface area (Å²) < 4.78 is 6.09. The summed E-state index contributed by atoms with van der Waals surface area (Å²) in [6, 6.07) is 3.99. The first-order valence-corrected chi connectivity index (χ1v) is 7.68. The van der Waals surface area contributed by atoms with Gasteiger partial charge in [-0.3, -0.25) is 4.90 Å². The molecule has 6 heteroatoms. The van der Waals surface area contributed by atoms with Gasteiger partial charge in [-0.15, -0.1) is 11.3 Å². The summed E-state index contributed by atoms with van der Waals surface area (Å²) in [7, 11) is 0. The SMILES string of the molecule is CCCc1noc(CN(CC)Cc2ccc(Cl)s2)n1. The quantitative estimate of drug-likeness (QED) is 0.780. The zero-order valence-electron chi connectivity index (χ0n) is 11.2. The van der Waals surface area contributed by atoms with Gasteiger partial charge in [-0.2, -0.15) is 4.98 Å². The van der Waals surface area contributed by atoms with E-state index in [1.807, 2.05) is 6.07 Å². The molecule has 2 aromatic heterocycles. The molecular weight excluding hydrogens is 282 g/mol. The maximum absolute atomic E-state index is 5.94. The number of rotatable bonds is 7. The van der Waals surface area contributed by atoms with Gasteiger partial charge in [-0.05, 0) is 25.1 Å². The fraction of sp³-hybridized carbons (Fsp3) is 0.538. The molecule has 0 aromatic carbocycles. The van der Waals surface area contributed by atoms with Gasteiger partial charge in [0.05, 0.1) is 10.9 Å². The third-order valence-electron chi connectivity index (χ3n) is 2.80. The zero-order chi connectivity index (χ0) is 13.7. The van der Waals surface area contributed by atoms with Crippen LogP contribution in [0.25, 0.3) is 0 Å². The largest absolute Gasteiger partial charge is 0.338 e. The molecule has 0 aliphatic heterocycles. The highest BCUT2D eigenvalue weighted by atomic mass is 35.5. The lowest BCUT2D eigenvalue weighted by molar-refractivity contribution is 0.230. The molecule has 0 saturated carbocycles. The van der Waals surface area contributed by atoms with Crippen LogP contribution in [0.1, 0.15) is 36.9 Å². The molecule has 0 saturated heterocycles. The minimum absolute atomic E-state index is 0.683. The Hall–Kier alpha value is -0.910. The van der Waals surface area contributed by atoms with Crippen LogP contribution < -0.4 is 0 Å². The Morgan fingerprint density at radius 2 is 2.16 bits per heavy atom.